The predicted octanol–water partition coefficient (Wildman–Crippen LogP) is 3.87. The van der Waals surface area contributed by atoms with Crippen molar-refractivity contribution in [2.45, 2.75) is 45.4 Å². The number of hydrogen-bond donors (Lipinski definition) is 1. The number of nitrogens with one attached hydrogen (secondary N) is 1. The molecule has 2 aromatic carbocycles. The van der Waals surface area contributed by atoms with Gasteiger partial charge in [0.25, 0.3) is 0 Å². The molecule has 0 fully saturated rings. The SMILES string of the molecule is COC(=O)[C@H](C[14c]1[14cH][14cH][14c](OCc2ccccc2)[14cH][14cH]1)NC(=O)OC(C)(C)C. The van der Waals surface area contributed by atoms with Crippen LogP contribution in [0.25, 0.3) is 0 Å². The molecule has 1 amide bonds. The highest BCUT2D eigenvalue weighted by Crippen LogP contribution is 2.16. The number of methoxy groups -OCH3 is 1. The second-order valence-corrected chi connectivity index (χ2v) is 7.34. The molecule has 0 aliphatic carbocycles. The van der Waals surface area contributed by atoms with Crippen molar-refractivity contribution >= 4 is 12.1 Å². The van der Waals surface area contributed by atoms with Crippen LogP contribution in [-0.4, -0.2) is 30.8 Å². The molecule has 0 aliphatic rings. The summed E-state index contributed by atoms with van der Waals surface area (Å²) in [5.41, 5.74) is 1.29. The molecule has 1 atom stereocenters. The number of benzene rings is 2. The predicted molar refractivity (Wildman–Crippen MR) is 106 cm³/mol. The fraction of sp³-hybridized carbons (Fsp3) is 0.364. The lowest BCUT2D eigenvalue weighted by Gasteiger charge is -2.22. The van der Waals surface area contributed by atoms with E-state index in [-0.39, 0.29) is 6.42 Å². The van der Waals surface area contributed by atoms with Crippen molar-refractivity contribution in [3.8, 4) is 5.75 Å². The highest BCUT2D eigenvalue weighted by molar-refractivity contribution is 5.81. The number of carbonyl (C=O) groups is 2. The number of rotatable bonds is 7. The molecule has 2 aromatic rings. The van der Waals surface area contributed by atoms with E-state index in [9.17, 15) is 9.59 Å². The molecule has 0 aromatic heterocycles. The van der Waals surface area contributed by atoms with Gasteiger partial charge in [-0.2, -0.15) is 0 Å². The van der Waals surface area contributed by atoms with Crippen LogP contribution in [0.1, 0.15) is 31.9 Å². The zero-order chi connectivity index (χ0) is 20.6. The van der Waals surface area contributed by atoms with Crippen molar-refractivity contribution in [3.05, 3.63) is 65.7 Å². The summed E-state index contributed by atoms with van der Waals surface area (Å²) in [4.78, 5) is 24.0. The van der Waals surface area contributed by atoms with Crippen molar-refractivity contribution < 1.29 is 23.8 Å². The van der Waals surface area contributed by atoms with Gasteiger partial charge in [0.15, 0.2) is 0 Å². The summed E-state index contributed by atoms with van der Waals surface area (Å²) in [7, 11) is 1.28. The Bertz CT molecular complexity index is 766. The van der Waals surface area contributed by atoms with E-state index in [1.165, 1.54) is 7.11 Å². The Labute approximate surface area is 165 Å². The first-order valence-electron chi connectivity index (χ1n) is 9.10. The third-order valence-corrected chi connectivity index (χ3v) is 3.79. The van der Waals surface area contributed by atoms with Gasteiger partial charge >= 0.3 is 12.1 Å². The Balaban J connectivity index is 1.96. The van der Waals surface area contributed by atoms with Gasteiger partial charge in [-0.3, -0.25) is 0 Å². The molecule has 0 radical (unpaired) electrons. The number of amides is 1. The Morgan fingerprint density at radius 2 is 1.75 bits per heavy atom. The highest BCUT2D eigenvalue weighted by Gasteiger charge is 2.25. The quantitative estimate of drug-likeness (QED) is 0.718. The molecule has 0 saturated heterocycles. The molecule has 0 heterocycles. The zero-order valence-corrected chi connectivity index (χ0v) is 16.7. The molecule has 0 spiro atoms. The maximum Gasteiger partial charge on any atom is 0.408 e. The van der Waals surface area contributed by atoms with Gasteiger partial charge in [0.05, 0.1) is 7.11 Å². The standard InChI is InChI=1S/C22H27NO5/c1-22(2,3)28-21(25)23-19(20(24)26-4)14-16-10-12-18(13-11-16)27-15-17-8-6-5-7-9-17/h5-13,19H,14-15H2,1-4H3,(H,23,25)/t19-/m0/s1/i10+2,11+2,12+2,13+2,16+2,18+2. The van der Waals surface area contributed by atoms with Crippen LogP contribution in [0.3, 0.4) is 0 Å². The van der Waals surface area contributed by atoms with Crippen LogP contribution in [0.15, 0.2) is 54.6 Å². The van der Waals surface area contributed by atoms with Crippen molar-refractivity contribution in [2.75, 3.05) is 7.11 Å². The summed E-state index contributed by atoms with van der Waals surface area (Å²) in [5, 5.41) is 2.57. The lowest BCUT2D eigenvalue weighted by Crippen LogP contribution is -2.45. The van der Waals surface area contributed by atoms with Crippen molar-refractivity contribution in [1.29, 1.82) is 0 Å². The van der Waals surface area contributed by atoms with Gasteiger partial charge < -0.3 is 19.5 Å². The summed E-state index contributed by atoms with van der Waals surface area (Å²) in [6.07, 6.45) is -0.379. The maximum atomic E-state index is 12.0. The fourth-order valence-corrected chi connectivity index (χ4v) is 2.48. The molecule has 6 nitrogen and oxygen atoms in total. The topological polar surface area (TPSA) is 73.9 Å². The normalized spacial score (nSPS) is 12.0. The third-order valence-electron chi connectivity index (χ3n) is 3.79. The van der Waals surface area contributed by atoms with Crippen LogP contribution in [0.2, 0.25) is 0 Å². The molecule has 6 heteroatoms. The van der Waals surface area contributed by atoms with Crippen LogP contribution in [0, 0.1) is 0 Å². The van der Waals surface area contributed by atoms with Crippen LogP contribution in [-0.2, 0) is 27.3 Å². The average molecular weight is 397 g/mol. The number of ether oxygens (including phenoxy) is 3. The number of carbonyl (C=O) groups excluding carboxylic acids is 2. The number of hydrogen-bond acceptors (Lipinski definition) is 5. The summed E-state index contributed by atoms with van der Waals surface area (Å²) < 4.78 is 15.8. The van der Waals surface area contributed by atoms with Crippen molar-refractivity contribution in [3.63, 3.8) is 0 Å². The maximum absolute atomic E-state index is 12.0. The van der Waals surface area contributed by atoms with Gasteiger partial charge in [-0.1, -0.05) is 42.5 Å². The monoisotopic (exact) mass is 397 g/mol. The Kier molecular flexibility index (Phi) is 7.44. The molecule has 2 rings (SSSR count). The van der Waals surface area contributed by atoms with Gasteiger partial charge in [-0.15, -0.1) is 0 Å². The second kappa shape index (κ2) is 9.78. The lowest BCUT2D eigenvalue weighted by atomic mass is 10.2. The minimum atomic E-state index is -0.837. The van der Waals surface area contributed by atoms with Gasteiger partial charge in [-0.05, 0) is 44.0 Å². The first kappa shape index (κ1) is 21.3. The Morgan fingerprint density at radius 1 is 1.11 bits per heavy atom. The molecule has 28 heavy (non-hydrogen) atoms. The summed E-state index contributed by atoms with van der Waals surface area (Å²) in [6.45, 7) is 5.75. The molecule has 0 aliphatic heterocycles. The Morgan fingerprint density at radius 3 is 2.32 bits per heavy atom. The van der Waals surface area contributed by atoms with Crippen LogP contribution < -0.4 is 10.1 Å². The van der Waals surface area contributed by atoms with Crippen LogP contribution in [0.4, 0.5) is 4.79 Å². The minimum Gasteiger partial charge on any atom is -0.489 e. The van der Waals surface area contributed by atoms with Gasteiger partial charge in [0.1, 0.15) is 24.0 Å². The van der Waals surface area contributed by atoms with Crippen LogP contribution in [0.5, 0.6) is 5.75 Å². The molecular formula is C22H27NO5. The van der Waals surface area contributed by atoms with E-state index in [4.69, 9.17) is 14.2 Å². The first-order valence-corrected chi connectivity index (χ1v) is 9.10. The van der Waals surface area contributed by atoms with Crippen molar-refractivity contribution in [1.82, 2.24) is 5.32 Å². The highest BCUT2D eigenvalue weighted by atomic mass is 16.7. The van der Waals surface area contributed by atoms with Gasteiger partial charge in [0, 0.05) is 6.42 Å². The number of esters is 1. The van der Waals surface area contributed by atoms with Crippen LogP contribution >= 0.6 is 0 Å². The average Bonchev–Trinajstić information content (AvgIpc) is 2.65. The minimum absolute atomic E-state index is 0.283. The van der Waals surface area contributed by atoms with Gasteiger partial charge in [-0.25, -0.2) is 9.59 Å². The van der Waals surface area contributed by atoms with E-state index in [2.05, 4.69) is 5.32 Å². The largest absolute Gasteiger partial charge is 0.489 e. The molecule has 150 valence electrons. The van der Waals surface area contributed by atoms with E-state index >= 15 is 0 Å². The summed E-state index contributed by atoms with van der Waals surface area (Å²) in [5.74, 6) is 0.192. The molecule has 0 unspecified atom stereocenters. The Hall–Kier alpha value is -3.02. The number of alkyl carbamates (subject to hydrolysis) is 1. The van der Waals surface area contributed by atoms with Crippen molar-refractivity contribution in [2.24, 2.45) is 0 Å². The summed E-state index contributed by atoms with van der Waals surface area (Å²) >= 11 is 0. The van der Waals surface area contributed by atoms with E-state index in [1.807, 2.05) is 54.6 Å². The molecular weight excluding hydrogens is 370 g/mol. The van der Waals surface area contributed by atoms with E-state index in [0.29, 0.717) is 6.61 Å². The fourth-order valence-electron chi connectivity index (χ4n) is 2.48. The van der Waals surface area contributed by atoms with Gasteiger partial charge in [0.2, 0.25) is 0 Å². The lowest BCUT2D eigenvalue weighted by molar-refractivity contribution is -0.143. The van der Waals surface area contributed by atoms with E-state index < -0.39 is 23.7 Å². The molecule has 1 N–H and O–H groups in total. The second-order valence-electron chi connectivity index (χ2n) is 7.34. The zero-order valence-electron chi connectivity index (χ0n) is 16.7. The third kappa shape index (κ3) is 7.31. The van der Waals surface area contributed by atoms with E-state index in [0.717, 1.165) is 16.9 Å². The first-order chi connectivity index (χ1) is 13.3. The summed E-state index contributed by atoms with van der Waals surface area (Å²) in [6, 6.07) is 16.4. The molecule has 0 bridgehead atoms. The molecule has 0 saturated carbocycles. The van der Waals surface area contributed by atoms with E-state index in [1.54, 1.807) is 20.8 Å². The smallest absolute Gasteiger partial charge is 0.408 e.